The van der Waals surface area contributed by atoms with E-state index in [0.717, 1.165) is 50.3 Å². The number of aromatic nitrogens is 1. The predicted octanol–water partition coefficient (Wildman–Crippen LogP) is 2.96. The summed E-state index contributed by atoms with van der Waals surface area (Å²) in [5, 5.41) is 7.12. The van der Waals surface area contributed by atoms with E-state index in [1.807, 2.05) is 30.0 Å². The number of ether oxygens (including phenoxy) is 2. The Hall–Kier alpha value is -2.20. The first-order chi connectivity index (χ1) is 14.0. The number of hydrogen-bond donors (Lipinski definition) is 1. The molecule has 10 heteroatoms. The van der Waals surface area contributed by atoms with Gasteiger partial charge < -0.3 is 19.5 Å². The summed E-state index contributed by atoms with van der Waals surface area (Å²) in [5.74, 6) is -2.57. The van der Waals surface area contributed by atoms with Crippen LogP contribution in [0.5, 0.6) is 0 Å². The van der Waals surface area contributed by atoms with Crippen LogP contribution in [0.4, 0.5) is 13.2 Å². The van der Waals surface area contributed by atoms with Crippen molar-refractivity contribution in [1.82, 2.24) is 9.88 Å². The fourth-order valence-corrected chi connectivity index (χ4v) is 3.62. The second-order valence-electron chi connectivity index (χ2n) is 7.73. The molecule has 1 amide bonds. The average molecular weight is 432 g/mol. The van der Waals surface area contributed by atoms with Crippen LogP contribution in [0.1, 0.15) is 37.6 Å². The van der Waals surface area contributed by atoms with Gasteiger partial charge in [-0.2, -0.15) is 13.2 Å². The lowest BCUT2D eigenvalue weighted by Crippen LogP contribution is -2.42. The summed E-state index contributed by atoms with van der Waals surface area (Å²) >= 11 is 0. The van der Waals surface area contributed by atoms with Gasteiger partial charge in [-0.05, 0) is 43.7 Å². The van der Waals surface area contributed by atoms with Crippen LogP contribution in [0.25, 0.3) is 0 Å². The molecule has 1 atom stereocenters. The number of likely N-dealkylation sites (tertiary alicyclic amines) is 1. The molecule has 1 aromatic heterocycles. The number of carbonyl (C=O) groups excluding carboxylic acids is 1. The van der Waals surface area contributed by atoms with Crippen LogP contribution in [0.3, 0.4) is 0 Å². The van der Waals surface area contributed by atoms with Crippen molar-refractivity contribution in [2.24, 2.45) is 5.41 Å². The van der Waals surface area contributed by atoms with E-state index in [1.54, 1.807) is 6.92 Å². The fourth-order valence-electron chi connectivity index (χ4n) is 3.62. The van der Waals surface area contributed by atoms with E-state index in [-0.39, 0.29) is 17.4 Å². The number of piperidine rings is 1. The van der Waals surface area contributed by atoms with Gasteiger partial charge in [-0.25, -0.2) is 4.79 Å². The molecule has 0 bridgehead atoms. The number of pyridine rings is 1. The van der Waals surface area contributed by atoms with Crippen molar-refractivity contribution in [3.05, 3.63) is 29.6 Å². The van der Waals surface area contributed by atoms with E-state index >= 15 is 0 Å². The first-order valence-electron chi connectivity index (χ1n) is 9.68. The summed E-state index contributed by atoms with van der Waals surface area (Å²) in [6.07, 6.45) is -1.78. The number of carbonyl (C=O) groups is 2. The zero-order valence-electron chi connectivity index (χ0n) is 17.1. The minimum Gasteiger partial charge on any atom is -0.475 e. The first-order valence-corrected chi connectivity index (χ1v) is 9.68. The Balaban J connectivity index is 0.000000396. The molecule has 0 saturated carbocycles. The molecule has 168 valence electrons. The Kier molecular flexibility index (Phi) is 8.19. The summed E-state index contributed by atoms with van der Waals surface area (Å²) in [6, 6.07) is 5.98. The summed E-state index contributed by atoms with van der Waals surface area (Å²) in [7, 11) is 0. The zero-order valence-corrected chi connectivity index (χ0v) is 17.1. The average Bonchev–Trinajstić information content (AvgIpc) is 3.04. The Morgan fingerprint density at radius 3 is 2.50 bits per heavy atom. The smallest absolute Gasteiger partial charge is 0.475 e. The van der Waals surface area contributed by atoms with E-state index in [9.17, 15) is 18.0 Å². The van der Waals surface area contributed by atoms with Crippen molar-refractivity contribution in [3.8, 4) is 0 Å². The van der Waals surface area contributed by atoms with Gasteiger partial charge >= 0.3 is 12.1 Å². The van der Waals surface area contributed by atoms with Crippen molar-refractivity contribution in [1.29, 1.82) is 0 Å². The molecule has 1 N–H and O–H groups in total. The molecule has 2 saturated heterocycles. The van der Waals surface area contributed by atoms with Gasteiger partial charge in [-0.1, -0.05) is 6.07 Å². The summed E-state index contributed by atoms with van der Waals surface area (Å²) in [4.78, 5) is 26.7. The minimum absolute atomic E-state index is 0.170. The number of alkyl halides is 3. The van der Waals surface area contributed by atoms with Gasteiger partial charge in [-0.3, -0.25) is 9.78 Å². The monoisotopic (exact) mass is 432 g/mol. The Morgan fingerprint density at radius 2 is 1.97 bits per heavy atom. The lowest BCUT2D eigenvalue weighted by Gasteiger charge is -2.38. The second kappa shape index (κ2) is 10.2. The number of aryl methyl sites for hydroxylation is 1. The number of carboxylic acids is 1. The van der Waals surface area contributed by atoms with Gasteiger partial charge in [0.15, 0.2) is 0 Å². The highest BCUT2D eigenvalue weighted by Gasteiger charge is 2.42. The van der Waals surface area contributed by atoms with E-state index < -0.39 is 12.1 Å². The van der Waals surface area contributed by atoms with E-state index in [4.69, 9.17) is 19.4 Å². The van der Waals surface area contributed by atoms with Crippen LogP contribution in [-0.4, -0.2) is 65.5 Å². The number of hydrogen-bond acceptors (Lipinski definition) is 5. The molecule has 0 aromatic carbocycles. The molecule has 3 heterocycles. The van der Waals surface area contributed by atoms with Gasteiger partial charge in [0.1, 0.15) is 0 Å². The van der Waals surface area contributed by atoms with Crippen molar-refractivity contribution in [2.75, 3.05) is 26.3 Å². The molecule has 1 unspecified atom stereocenters. The Bertz CT molecular complexity index is 733. The number of halogens is 3. The third-order valence-corrected chi connectivity index (χ3v) is 5.30. The molecule has 7 nitrogen and oxygen atoms in total. The number of aliphatic carboxylic acids is 1. The van der Waals surface area contributed by atoms with Crippen LogP contribution < -0.4 is 0 Å². The lowest BCUT2D eigenvalue weighted by atomic mass is 9.76. The maximum absolute atomic E-state index is 11.4. The Labute approximate surface area is 173 Å². The molecule has 2 aliphatic rings. The third kappa shape index (κ3) is 7.24. The predicted molar refractivity (Wildman–Crippen MR) is 101 cm³/mol. The first kappa shape index (κ1) is 24.1. The highest BCUT2D eigenvalue weighted by atomic mass is 19.4. The lowest BCUT2D eigenvalue weighted by molar-refractivity contribution is -0.192. The maximum atomic E-state index is 11.4. The van der Waals surface area contributed by atoms with E-state index in [0.29, 0.717) is 13.2 Å². The van der Waals surface area contributed by atoms with Gasteiger partial charge in [0.2, 0.25) is 5.91 Å². The molecule has 1 spiro atoms. The maximum Gasteiger partial charge on any atom is 0.490 e. The molecule has 2 fully saturated rings. The molecule has 2 aliphatic heterocycles. The minimum atomic E-state index is -5.08. The van der Waals surface area contributed by atoms with Crippen LogP contribution >= 0.6 is 0 Å². The Morgan fingerprint density at radius 1 is 1.33 bits per heavy atom. The van der Waals surface area contributed by atoms with Gasteiger partial charge in [0, 0.05) is 25.7 Å². The summed E-state index contributed by atoms with van der Waals surface area (Å²) in [5.41, 5.74) is 2.23. The third-order valence-electron chi connectivity index (χ3n) is 5.30. The van der Waals surface area contributed by atoms with Crippen molar-refractivity contribution < 1.29 is 37.3 Å². The molecule has 3 rings (SSSR count). The molecule has 30 heavy (non-hydrogen) atoms. The van der Waals surface area contributed by atoms with Gasteiger partial charge in [-0.15, -0.1) is 0 Å². The van der Waals surface area contributed by atoms with Crippen LogP contribution in [0, 0.1) is 12.3 Å². The number of carboxylic acid groups (broad SMARTS) is 1. The van der Waals surface area contributed by atoms with Crippen LogP contribution in [0.2, 0.25) is 0 Å². The number of amides is 1. The number of rotatable bonds is 4. The summed E-state index contributed by atoms with van der Waals surface area (Å²) in [6.45, 7) is 7.31. The molecular formula is C20H27F3N2O5. The largest absolute Gasteiger partial charge is 0.490 e. The van der Waals surface area contributed by atoms with Crippen LogP contribution in [-0.2, 0) is 25.7 Å². The molecular weight excluding hydrogens is 405 g/mol. The highest BCUT2D eigenvalue weighted by molar-refractivity contribution is 5.73. The van der Waals surface area contributed by atoms with E-state index in [2.05, 4.69) is 4.98 Å². The van der Waals surface area contributed by atoms with Gasteiger partial charge in [0.25, 0.3) is 0 Å². The van der Waals surface area contributed by atoms with Gasteiger partial charge in [0.05, 0.1) is 31.6 Å². The quantitative estimate of drug-likeness (QED) is 0.787. The van der Waals surface area contributed by atoms with Crippen LogP contribution in [0.15, 0.2) is 18.2 Å². The molecule has 0 aliphatic carbocycles. The topological polar surface area (TPSA) is 89.0 Å². The number of nitrogens with zero attached hydrogens (tertiary/aromatic N) is 2. The van der Waals surface area contributed by atoms with E-state index in [1.165, 1.54) is 0 Å². The SMILES string of the molecule is CC(=O)N1CCC2(CC1)COC(COCc1cccc(C)n1)C2.O=C(O)C(F)(F)F. The second-order valence-corrected chi connectivity index (χ2v) is 7.73. The fraction of sp³-hybridized carbons (Fsp3) is 0.650. The van der Waals surface area contributed by atoms with Crippen molar-refractivity contribution in [2.45, 2.75) is 52.0 Å². The summed E-state index contributed by atoms with van der Waals surface area (Å²) < 4.78 is 43.5. The normalized spacial score (nSPS) is 20.6. The zero-order chi connectivity index (χ0) is 22.4. The standard InChI is InChI=1S/C18H26N2O3.C2HF3O2/c1-14-4-3-5-16(19-14)11-22-12-17-10-18(13-23-17)6-8-20(9-7-18)15(2)21;3-2(4,5)1(6)7/h3-5,17H,6-13H2,1-2H3;(H,6,7). The highest BCUT2D eigenvalue weighted by Crippen LogP contribution is 2.42. The van der Waals surface area contributed by atoms with Crippen molar-refractivity contribution in [3.63, 3.8) is 0 Å². The molecule has 1 aromatic rings. The molecule has 0 radical (unpaired) electrons. The van der Waals surface area contributed by atoms with Crippen molar-refractivity contribution >= 4 is 11.9 Å².